The molecule has 2 aromatic carbocycles. The number of nitrogens with zero attached hydrogens (tertiary/aromatic N) is 2. The van der Waals surface area contributed by atoms with Crippen LogP contribution in [0.5, 0.6) is 0 Å². The first-order valence-corrected chi connectivity index (χ1v) is 10.7. The summed E-state index contributed by atoms with van der Waals surface area (Å²) in [7, 11) is -2.31. The first kappa shape index (κ1) is 20.5. The van der Waals surface area contributed by atoms with Gasteiger partial charge in [-0.15, -0.1) is 0 Å². The van der Waals surface area contributed by atoms with Gasteiger partial charge in [0.05, 0.1) is 26.3 Å². The normalized spacial score (nSPS) is 11.8. The Morgan fingerprint density at radius 2 is 1.64 bits per heavy atom. The van der Waals surface area contributed by atoms with Crippen LogP contribution >= 0.6 is 23.2 Å². The molecular weight excluding hydrogens is 421 g/mol. The zero-order valence-corrected chi connectivity index (χ0v) is 17.8. The van der Waals surface area contributed by atoms with Crippen LogP contribution in [-0.4, -0.2) is 17.8 Å². The van der Waals surface area contributed by atoms with Crippen LogP contribution in [0.4, 0.5) is 5.69 Å². The van der Waals surface area contributed by atoms with Crippen LogP contribution in [0.3, 0.4) is 0 Å². The minimum atomic E-state index is -4.04. The van der Waals surface area contributed by atoms with E-state index in [4.69, 9.17) is 23.2 Å². The number of anilines is 1. The number of hydrogen-bond acceptors (Lipinski definition) is 3. The van der Waals surface area contributed by atoms with Crippen molar-refractivity contribution in [3.05, 3.63) is 74.6 Å². The molecule has 0 radical (unpaired) electrons. The number of aromatic nitrogens is 2. The second-order valence-electron chi connectivity index (χ2n) is 6.57. The number of nitrogens with one attached hydrogen (secondary N) is 1. The van der Waals surface area contributed by atoms with Crippen molar-refractivity contribution in [1.29, 1.82) is 0 Å². The molecule has 0 atom stereocenters. The van der Waals surface area contributed by atoms with Gasteiger partial charge >= 0.3 is 0 Å². The molecule has 0 aliphatic rings. The Labute approximate surface area is 173 Å². The third kappa shape index (κ3) is 3.70. The van der Waals surface area contributed by atoms with Crippen LogP contribution in [-0.2, 0) is 17.1 Å². The predicted octanol–water partition coefficient (Wildman–Crippen LogP) is 4.41. The second kappa shape index (κ2) is 7.66. The molecule has 0 fully saturated rings. The summed E-state index contributed by atoms with van der Waals surface area (Å²) in [5.41, 5.74) is 0.753. The average molecular weight is 440 g/mol. The van der Waals surface area contributed by atoms with E-state index in [1.54, 1.807) is 23.9 Å². The zero-order valence-electron chi connectivity index (χ0n) is 15.5. The van der Waals surface area contributed by atoms with Crippen molar-refractivity contribution in [3.63, 3.8) is 0 Å². The highest BCUT2D eigenvalue weighted by Crippen LogP contribution is 2.28. The molecule has 148 valence electrons. The van der Waals surface area contributed by atoms with E-state index >= 15 is 0 Å². The molecule has 1 N–H and O–H groups in total. The number of halogens is 2. The van der Waals surface area contributed by atoms with Gasteiger partial charge in [0.2, 0.25) is 0 Å². The molecule has 28 heavy (non-hydrogen) atoms. The molecule has 0 amide bonds. The molecule has 0 saturated heterocycles. The Bertz CT molecular complexity index is 1180. The SMILES string of the molecule is CC(C)c1c(NS(=O)(=O)c2ccc(Cl)c(Cl)c2)c(=O)n(-c2ccccc2)n1C. The third-order valence-electron chi connectivity index (χ3n) is 4.30. The molecule has 6 nitrogen and oxygen atoms in total. The Morgan fingerprint density at radius 3 is 2.21 bits per heavy atom. The lowest BCUT2D eigenvalue weighted by Gasteiger charge is -2.13. The average Bonchev–Trinajstić information content (AvgIpc) is 2.87. The molecule has 0 aliphatic heterocycles. The third-order valence-corrected chi connectivity index (χ3v) is 6.38. The Balaban J connectivity index is 2.16. The van der Waals surface area contributed by atoms with Crippen molar-refractivity contribution in [2.45, 2.75) is 24.7 Å². The molecule has 3 aromatic rings. The van der Waals surface area contributed by atoms with Crippen LogP contribution in [0.15, 0.2) is 58.2 Å². The molecule has 3 rings (SSSR count). The van der Waals surface area contributed by atoms with E-state index in [-0.39, 0.29) is 26.5 Å². The molecule has 0 saturated carbocycles. The van der Waals surface area contributed by atoms with Crippen LogP contribution in [0.25, 0.3) is 5.69 Å². The van der Waals surface area contributed by atoms with E-state index in [0.717, 1.165) is 0 Å². The lowest BCUT2D eigenvalue weighted by atomic mass is 10.1. The van der Waals surface area contributed by atoms with Crippen LogP contribution in [0.1, 0.15) is 25.5 Å². The number of rotatable bonds is 5. The quantitative estimate of drug-likeness (QED) is 0.639. The minimum Gasteiger partial charge on any atom is -0.283 e. The fourth-order valence-electron chi connectivity index (χ4n) is 3.08. The molecule has 1 heterocycles. The second-order valence-corrected chi connectivity index (χ2v) is 9.07. The number of benzene rings is 2. The maximum absolute atomic E-state index is 13.1. The van der Waals surface area contributed by atoms with E-state index in [9.17, 15) is 13.2 Å². The fourth-order valence-corrected chi connectivity index (χ4v) is 4.54. The van der Waals surface area contributed by atoms with Gasteiger partial charge in [0.25, 0.3) is 15.6 Å². The summed E-state index contributed by atoms with van der Waals surface area (Å²) in [5, 5.41) is 0.359. The molecule has 9 heteroatoms. The lowest BCUT2D eigenvalue weighted by molar-refractivity contribution is 0.594. The summed E-state index contributed by atoms with van der Waals surface area (Å²) in [6, 6.07) is 13.0. The number of sulfonamides is 1. The largest absolute Gasteiger partial charge is 0.296 e. The first-order chi connectivity index (χ1) is 13.1. The predicted molar refractivity (Wildman–Crippen MR) is 112 cm³/mol. The summed E-state index contributed by atoms with van der Waals surface area (Å²) in [5.74, 6) is -0.103. The summed E-state index contributed by atoms with van der Waals surface area (Å²) in [6.45, 7) is 3.78. The van der Waals surface area contributed by atoms with Gasteiger partial charge in [-0.1, -0.05) is 55.2 Å². The van der Waals surface area contributed by atoms with Crippen LogP contribution in [0, 0.1) is 0 Å². The van der Waals surface area contributed by atoms with Crippen LogP contribution in [0.2, 0.25) is 10.0 Å². The Kier molecular flexibility index (Phi) is 5.61. The van der Waals surface area contributed by atoms with E-state index in [2.05, 4.69) is 4.72 Å². The van der Waals surface area contributed by atoms with E-state index < -0.39 is 15.6 Å². The maximum Gasteiger partial charge on any atom is 0.296 e. The van der Waals surface area contributed by atoms with Gasteiger partial charge in [-0.25, -0.2) is 13.1 Å². The minimum absolute atomic E-state index is 0.00688. The highest BCUT2D eigenvalue weighted by Gasteiger charge is 2.26. The van der Waals surface area contributed by atoms with Gasteiger partial charge in [-0.2, -0.15) is 0 Å². The summed E-state index contributed by atoms with van der Waals surface area (Å²) < 4.78 is 31.3. The molecule has 0 unspecified atom stereocenters. The topological polar surface area (TPSA) is 73.1 Å². The standard InChI is InChI=1S/C19H19Cl2N3O3S/c1-12(2)18-17(19(25)24(23(18)3)13-7-5-4-6-8-13)22-28(26,27)14-9-10-15(20)16(21)11-14/h4-12,22H,1-3H3. The first-order valence-electron chi connectivity index (χ1n) is 8.48. The fraction of sp³-hybridized carbons (Fsp3) is 0.211. The van der Waals surface area contributed by atoms with Crippen molar-refractivity contribution in [1.82, 2.24) is 9.36 Å². The summed E-state index contributed by atoms with van der Waals surface area (Å²) >= 11 is 11.8. The highest BCUT2D eigenvalue weighted by molar-refractivity contribution is 7.92. The molecule has 0 spiro atoms. The summed E-state index contributed by atoms with van der Waals surface area (Å²) in [6.07, 6.45) is 0. The molecule has 0 aliphatic carbocycles. The van der Waals surface area contributed by atoms with Crippen molar-refractivity contribution >= 4 is 38.9 Å². The Morgan fingerprint density at radius 1 is 1.00 bits per heavy atom. The number of para-hydroxylation sites is 1. The monoisotopic (exact) mass is 439 g/mol. The molecular formula is C19H19Cl2N3O3S. The maximum atomic E-state index is 13.1. The van der Waals surface area contributed by atoms with E-state index in [1.165, 1.54) is 22.9 Å². The van der Waals surface area contributed by atoms with Gasteiger partial charge in [0, 0.05) is 7.05 Å². The van der Waals surface area contributed by atoms with Gasteiger partial charge in [-0.3, -0.25) is 14.2 Å². The Hall–Kier alpha value is -2.22. The highest BCUT2D eigenvalue weighted by atomic mass is 35.5. The van der Waals surface area contributed by atoms with Crippen molar-refractivity contribution < 1.29 is 8.42 Å². The lowest BCUT2D eigenvalue weighted by Crippen LogP contribution is -2.23. The smallest absolute Gasteiger partial charge is 0.283 e. The van der Waals surface area contributed by atoms with Gasteiger partial charge in [-0.05, 0) is 36.2 Å². The zero-order chi connectivity index (χ0) is 20.6. The molecule has 1 aromatic heterocycles. The number of hydrogen-bond donors (Lipinski definition) is 1. The van der Waals surface area contributed by atoms with Gasteiger partial charge in [0.1, 0.15) is 5.69 Å². The van der Waals surface area contributed by atoms with Crippen molar-refractivity contribution in [3.8, 4) is 5.69 Å². The van der Waals surface area contributed by atoms with Crippen molar-refractivity contribution in [2.75, 3.05) is 4.72 Å². The summed E-state index contributed by atoms with van der Waals surface area (Å²) in [4.78, 5) is 13.0. The van der Waals surface area contributed by atoms with Gasteiger partial charge < -0.3 is 0 Å². The van der Waals surface area contributed by atoms with E-state index in [1.807, 2.05) is 32.0 Å². The van der Waals surface area contributed by atoms with E-state index in [0.29, 0.717) is 11.4 Å². The van der Waals surface area contributed by atoms with Crippen LogP contribution < -0.4 is 10.3 Å². The van der Waals surface area contributed by atoms with Crippen molar-refractivity contribution in [2.24, 2.45) is 7.05 Å². The molecule has 0 bridgehead atoms. The van der Waals surface area contributed by atoms with Gasteiger partial charge in [0.15, 0.2) is 0 Å².